The lowest BCUT2D eigenvalue weighted by Crippen LogP contribution is -2.55. The molecule has 1 aliphatic heterocycles. The topological polar surface area (TPSA) is 53.5 Å². The van der Waals surface area contributed by atoms with Gasteiger partial charge in [0.15, 0.2) is 0 Å². The van der Waals surface area contributed by atoms with Crippen molar-refractivity contribution < 1.29 is 35.9 Å². The van der Waals surface area contributed by atoms with Gasteiger partial charge in [0.1, 0.15) is 0 Å². The zero-order valence-electron chi connectivity index (χ0n) is 22.8. The lowest BCUT2D eigenvalue weighted by atomic mass is 9.90. The average Bonchev–Trinajstić information content (AvgIpc) is 2.99. The van der Waals surface area contributed by atoms with Crippen molar-refractivity contribution >= 4 is 22.7 Å². The number of pyridine rings is 1. The third-order valence-electron chi connectivity index (χ3n) is 7.72. The summed E-state index contributed by atoms with van der Waals surface area (Å²) in [5.74, 6) is -2.64. The fraction of sp³-hybridized carbons (Fsp3) is 0.281. The van der Waals surface area contributed by atoms with Crippen molar-refractivity contribution in [1.82, 2.24) is 14.8 Å². The molecule has 0 unspecified atom stereocenters. The third kappa shape index (κ3) is 6.81. The number of nitrogens with zero attached hydrogens (tertiary/aromatic N) is 3. The summed E-state index contributed by atoms with van der Waals surface area (Å²) in [5.41, 5.74) is 0.717. The van der Waals surface area contributed by atoms with E-state index in [-0.39, 0.29) is 37.9 Å². The second-order valence-electron chi connectivity index (χ2n) is 10.5. The number of halogens is 6. The fourth-order valence-corrected chi connectivity index (χ4v) is 5.66. The van der Waals surface area contributed by atoms with Crippen molar-refractivity contribution in [2.45, 2.75) is 50.2 Å². The van der Waals surface area contributed by atoms with Crippen molar-refractivity contribution in [1.29, 1.82) is 0 Å². The van der Waals surface area contributed by atoms with Gasteiger partial charge in [-0.25, -0.2) is 0 Å². The van der Waals surface area contributed by atoms with E-state index in [9.17, 15) is 35.9 Å². The number of alkyl halides is 6. The summed E-state index contributed by atoms with van der Waals surface area (Å²) in [5, 5.41) is 0.614. The number of benzene rings is 3. The van der Waals surface area contributed by atoms with E-state index in [0.29, 0.717) is 16.5 Å². The first-order valence-corrected chi connectivity index (χ1v) is 13.6. The minimum Gasteiger partial charge on any atom is -0.335 e. The largest absolute Gasteiger partial charge is 0.471 e. The molecule has 1 saturated heterocycles. The van der Waals surface area contributed by atoms with E-state index >= 15 is 0 Å². The molecule has 0 radical (unpaired) electrons. The Kier molecular flexibility index (Phi) is 8.43. The van der Waals surface area contributed by atoms with Gasteiger partial charge in [0.2, 0.25) is 0 Å². The summed E-state index contributed by atoms with van der Waals surface area (Å²) in [6, 6.07) is 20.0. The lowest BCUT2D eigenvalue weighted by molar-refractivity contribution is -0.189. The monoisotopic (exact) mass is 599 g/mol. The zero-order chi connectivity index (χ0) is 30.8. The number of hydrogen-bond acceptors (Lipinski definition) is 3. The van der Waals surface area contributed by atoms with Crippen molar-refractivity contribution in [3.63, 3.8) is 0 Å². The number of fused-ring (bicyclic) bond motifs is 1. The average molecular weight is 600 g/mol. The van der Waals surface area contributed by atoms with E-state index in [2.05, 4.69) is 4.98 Å². The van der Waals surface area contributed by atoms with Crippen LogP contribution in [0.1, 0.15) is 39.9 Å². The van der Waals surface area contributed by atoms with Gasteiger partial charge in [0, 0.05) is 42.3 Å². The molecule has 1 fully saturated rings. The molecule has 0 saturated carbocycles. The molecular weight excluding hydrogens is 572 g/mol. The van der Waals surface area contributed by atoms with Crippen LogP contribution in [-0.2, 0) is 23.9 Å². The first kappa shape index (κ1) is 30.1. The van der Waals surface area contributed by atoms with E-state index in [4.69, 9.17) is 0 Å². The highest BCUT2D eigenvalue weighted by atomic mass is 19.4. The van der Waals surface area contributed by atoms with Crippen LogP contribution in [-0.4, -0.2) is 51.4 Å². The highest BCUT2D eigenvalue weighted by Gasteiger charge is 2.46. The van der Waals surface area contributed by atoms with Crippen molar-refractivity contribution in [2.75, 3.05) is 6.54 Å². The minimum atomic E-state index is -5.14. The summed E-state index contributed by atoms with van der Waals surface area (Å²) in [4.78, 5) is 32.9. The van der Waals surface area contributed by atoms with E-state index in [1.165, 1.54) is 17.2 Å². The zero-order valence-corrected chi connectivity index (χ0v) is 22.8. The van der Waals surface area contributed by atoms with Gasteiger partial charge in [0.25, 0.3) is 5.91 Å². The summed E-state index contributed by atoms with van der Waals surface area (Å²) in [7, 11) is 0. The Morgan fingerprint density at radius 1 is 0.884 bits per heavy atom. The Bertz CT molecular complexity index is 1600. The summed E-state index contributed by atoms with van der Waals surface area (Å²) < 4.78 is 81.9. The number of likely N-dealkylation sites (tertiary alicyclic amines) is 1. The number of para-hydroxylation sites is 1. The first-order chi connectivity index (χ1) is 20.4. The number of carbonyl (C=O) groups excluding carboxylic acids is 2. The van der Waals surface area contributed by atoms with Crippen LogP contribution in [0.4, 0.5) is 26.3 Å². The van der Waals surface area contributed by atoms with Crippen LogP contribution < -0.4 is 0 Å². The molecule has 2 heterocycles. The van der Waals surface area contributed by atoms with Crippen LogP contribution in [0.2, 0.25) is 0 Å². The Morgan fingerprint density at radius 2 is 1.60 bits per heavy atom. The van der Waals surface area contributed by atoms with E-state index in [0.717, 1.165) is 28.7 Å². The van der Waals surface area contributed by atoms with Gasteiger partial charge >= 0.3 is 18.3 Å². The number of rotatable bonds is 6. The summed E-state index contributed by atoms with van der Waals surface area (Å²) in [6.45, 7) is -0.373. The fourth-order valence-electron chi connectivity index (χ4n) is 5.66. The summed E-state index contributed by atoms with van der Waals surface area (Å²) in [6.07, 6.45) is -8.05. The number of amides is 2. The van der Waals surface area contributed by atoms with Crippen LogP contribution in [0.15, 0.2) is 91.1 Å². The molecule has 0 aliphatic carbocycles. The lowest BCUT2D eigenvalue weighted by Gasteiger charge is -2.44. The van der Waals surface area contributed by atoms with Crippen LogP contribution in [0.3, 0.4) is 0 Å². The van der Waals surface area contributed by atoms with E-state index < -0.39 is 41.8 Å². The molecule has 3 aromatic carbocycles. The molecule has 224 valence electrons. The smallest absolute Gasteiger partial charge is 0.335 e. The molecule has 0 bridgehead atoms. The van der Waals surface area contributed by atoms with Gasteiger partial charge in [-0.2, -0.15) is 26.3 Å². The van der Waals surface area contributed by atoms with Gasteiger partial charge < -0.3 is 9.80 Å². The summed E-state index contributed by atoms with van der Waals surface area (Å²) >= 11 is 0. The standard InChI is InChI=1S/C32H27F6N3O2/c33-31(34,35)24-10-6-9-22(18-24)29(42)40-16-14-25(19-26(40)17-21-7-2-1-3-8-21)41(30(43)32(36,37)38)20-23-13-15-39-28-12-5-4-11-27(23)28/h1-13,15,18,25-26H,14,16-17,19-20H2/t25-,26+/m0/s1. The molecule has 5 nitrogen and oxygen atoms in total. The second-order valence-corrected chi connectivity index (χ2v) is 10.5. The molecular formula is C32H27F6N3O2. The Labute approximate surface area is 243 Å². The van der Waals surface area contributed by atoms with Crippen molar-refractivity contribution in [2.24, 2.45) is 0 Å². The quantitative estimate of drug-likeness (QED) is 0.223. The first-order valence-electron chi connectivity index (χ1n) is 13.6. The third-order valence-corrected chi connectivity index (χ3v) is 7.72. The maximum atomic E-state index is 13.9. The molecule has 11 heteroatoms. The van der Waals surface area contributed by atoms with Gasteiger partial charge in [-0.05, 0) is 60.7 Å². The van der Waals surface area contributed by atoms with Gasteiger partial charge in [-0.3, -0.25) is 14.6 Å². The van der Waals surface area contributed by atoms with Gasteiger partial charge in [-0.15, -0.1) is 0 Å². The maximum absolute atomic E-state index is 13.9. The number of carbonyl (C=O) groups is 2. The van der Waals surface area contributed by atoms with Crippen molar-refractivity contribution in [3.05, 3.63) is 113 Å². The van der Waals surface area contributed by atoms with Crippen LogP contribution in [0.25, 0.3) is 10.9 Å². The number of hydrogen-bond donors (Lipinski definition) is 0. The molecule has 43 heavy (non-hydrogen) atoms. The Balaban J connectivity index is 1.48. The van der Waals surface area contributed by atoms with Crippen molar-refractivity contribution in [3.8, 4) is 0 Å². The maximum Gasteiger partial charge on any atom is 0.471 e. The SMILES string of the molecule is O=C(c1cccc(C(F)(F)F)c1)N1CC[C@H](N(Cc2ccnc3ccccc23)C(=O)C(F)(F)F)C[C@H]1Cc1ccccc1. The molecule has 1 aliphatic rings. The highest BCUT2D eigenvalue weighted by molar-refractivity contribution is 5.95. The minimum absolute atomic E-state index is 0.00440. The van der Waals surface area contributed by atoms with Crippen LogP contribution in [0.5, 0.6) is 0 Å². The number of piperidine rings is 1. The highest BCUT2D eigenvalue weighted by Crippen LogP contribution is 2.33. The molecule has 5 rings (SSSR count). The second kappa shape index (κ2) is 12.1. The molecule has 2 amide bonds. The molecule has 2 atom stereocenters. The normalized spacial score (nSPS) is 17.6. The van der Waals surface area contributed by atoms with Gasteiger partial charge in [0.05, 0.1) is 11.1 Å². The van der Waals surface area contributed by atoms with E-state index in [1.54, 1.807) is 60.7 Å². The molecule has 4 aromatic rings. The van der Waals surface area contributed by atoms with E-state index in [1.807, 2.05) is 0 Å². The molecule has 1 aromatic heterocycles. The predicted octanol–water partition coefficient (Wildman–Crippen LogP) is 7.06. The Morgan fingerprint density at radius 3 is 2.33 bits per heavy atom. The van der Waals surface area contributed by atoms with Gasteiger partial charge in [-0.1, -0.05) is 54.6 Å². The molecule has 0 N–H and O–H groups in total. The molecule has 0 spiro atoms. The Hall–Kier alpha value is -4.41. The van der Waals surface area contributed by atoms with Crippen LogP contribution in [0, 0.1) is 0 Å². The number of aromatic nitrogens is 1. The van der Waals surface area contributed by atoms with Crippen LogP contribution >= 0.6 is 0 Å². The predicted molar refractivity (Wildman–Crippen MR) is 148 cm³/mol.